The Balaban J connectivity index is 1.97. The Bertz CT molecular complexity index is 682. The minimum Gasteiger partial charge on any atom is -0.339 e. The van der Waals surface area contributed by atoms with E-state index >= 15 is 0 Å². The maximum Gasteiger partial charge on any atom is 0.257 e. The van der Waals surface area contributed by atoms with Gasteiger partial charge in [-0.3, -0.25) is 9.59 Å². The molecule has 2 saturated heterocycles. The molecule has 0 aromatic rings. The van der Waals surface area contributed by atoms with E-state index in [9.17, 15) is 9.59 Å². The summed E-state index contributed by atoms with van der Waals surface area (Å²) in [6.45, 7) is 14.4. The van der Waals surface area contributed by atoms with Crippen LogP contribution in [-0.4, -0.2) is 50.6 Å². The highest BCUT2D eigenvalue weighted by Crippen LogP contribution is 2.53. The molecule has 2 spiro atoms. The maximum absolute atomic E-state index is 14.1. The van der Waals surface area contributed by atoms with Crippen molar-refractivity contribution in [1.29, 1.82) is 0 Å². The third kappa shape index (κ3) is 4.78. The lowest BCUT2D eigenvalue weighted by Gasteiger charge is -2.57. The van der Waals surface area contributed by atoms with Gasteiger partial charge < -0.3 is 14.5 Å². The Kier molecular flexibility index (Phi) is 7.49. The van der Waals surface area contributed by atoms with Gasteiger partial charge in [-0.15, -0.1) is 6.58 Å². The van der Waals surface area contributed by atoms with E-state index in [1.807, 2.05) is 15.9 Å². The molecule has 182 valence electrons. The van der Waals surface area contributed by atoms with Crippen LogP contribution in [0.4, 0.5) is 0 Å². The van der Waals surface area contributed by atoms with E-state index in [2.05, 4.69) is 34.3 Å². The van der Waals surface area contributed by atoms with Crippen LogP contribution in [0.15, 0.2) is 12.7 Å². The van der Waals surface area contributed by atoms with Crippen molar-refractivity contribution in [3.63, 3.8) is 0 Å². The van der Waals surface area contributed by atoms with Crippen LogP contribution in [-0.2, 0) is 14.3 Å². The third-order valence-electron chi connectivity index (χ3n) is 7.92. The maximum atomic E-state index is 14.1. The molecular weight excluding hydrogens is 400 g/mol. The zero-order chi connectivity index (χ0) is 23.6. The molecular formula is C27H46N2O3. The molecule has 2 amide bonds. The van der Waals surface area contributed by atoms with Crippen molar-refractivity contribution < 1.29 is 14.3 Å². The molecule has 0 aromatic heterocycles. The van der Waals surface area contributed by atoms with Crippen LogP contribution in [0.1, 0.15) is 118 Å². The second-order valence-electron chi connectivity index (χ2n) is 11.8. The fraction of sp³-hybridized carbons (Fsp3) is 0.852. The molecule has 0 aromatic carbocycles. The molecule has 32 heavy (non-hydrogen) atoms. The van der Waals surface area contributed by atoms with Crippen molar-refractivity contribution in [3.8, 4) is 0 Å². The van der Waals surface area contributed by atoms with Gasteiger partial charge in [0, 0.05) is 37.4 Å². The summed E-state index contributed by atoms with van der Waals surface area (Å²) < 4.78 is 7.09. The van der Waals surface area contributed by atoms with Gasteiger partial charge in [0.2, 0.25) is 5.91 Å². The number of carbonyl (C=O) groups is 2. The van der Waals surface area contributed by atoms with E-state index in [0.29, 0.717) is 19.4 Å². The Labute approximate surface area is 195 Å². The van der Waals surface area contributed by atoms with Crippen molar-refractivity contribution in [3.05, 3.63) is 12.7 Å². The van der Waals surface area contributed by atoms with Gasteiger partial charge in [0.15, 0.2) is 5.60 Å². The predicted octanol–water partition coefficient (Wildman–Crippen LogP) is 5.97. The molecule has 5 nitrogen and oxygen atoms in total. The summed E-state index contributed by atoms with van der Waals surface area (Å²) in [4.78, 5) is 30.7. The topological polar surface area (TPSA) is 49.9 Å². The monoisotopic (exact) mass is 446 g/mol. The standard InChI is InChI=1S/C27H46N2O3/c1-7-19-28-23(31)26(20-24(3,4)29(22(2)30)25(5,6)21-26)32-27(28)17-15-13-11-9-8-10-12-14-16-18-27/h7H,1,8-21H2,2-6H3. The third-order valence-corrected chi connectivity index (χ3v) is 7.92. The van der Waals surface area contributed by atoms with Crippen LogP contribution >= 0.6 is 0 Å². The first-order chi connectivity index (χ1) is 15.0. The van der Waals surface area contributed by atoms with Crippen molar-refractivity contribution in [2.75, 3.05) is 6.54 Å². The average Bonchev–Trinajstić information content (AvgIpc) is 2.84. The van der Waals surface area contributed by atoms with E-state index in [-0.39, 0.29) is 11.8 Å². The highest BCUT2D eigenvalue weighted by molar-refractivity contribution is 5.89. The number of carbonyl (C=O) groups excluding carboxylic acids is 2. The molecule has 5 heteroatoms. The van der Waals surface area contributed by atoms with E-state index in [1.54, 1.807) is 6.92 Å². The lowest BCUT2D eigenvalue weighted by atomic mass is 9.70. The summed E-state index contributed by atoms with van der Waals surface area (Å²) in [5.41, 5.74) is -2.34. The molecule has 1 aliphatic carbocycles. The van der Waals surface area contributed by atoms with Gasteiger partial charge in [-0.25, -0.2) is 0 Å². The quantitative estimate of drug-likeness (QED) is 0.491. The predicted molar refractivity (Wildman–Crippen MR) is 129 cm³/mol. The normalized spacial score (nSPS) is 27.7. The van der Waals surface area contributed by atoms with E-state index in [4.69, 9.17) is 4.74 Å². The lowest BCUT2D eigenvalue weighted by molar-refractivity contribution is -0.201. The number of amides is 2. The van der Waals surface area contributed by atoms with Gasteiger partial charge in [0.1, 0.15) is 5.72 Å². The van der Waals surface area contributed by atoms with E-state index in [0.717, 1.165) is 25.7 Å². The molecule has 3 fully saturated rings. The largest absolute Gasteiger partial charge is 0.339 e. The van der Waals surface area contributed by atoms with Crippen molar-refractivity contribution in [1.82, 2.24) is 9.80 Å². The van der Waals surface area contributed by atoms with Crippen molar-refractivity contribution in [2.24, 2.45) is 0 Å². The average molecular weight is 447 g/mol. The molecule has 2 heterocycles. The first kappa shape index (κ1) is 25.3. The summed E-state index contributed by atoms with van der Waals surface area (Å²) in [6.07, 6.45) is 15.8. The summed E-state index contributed by atoms with van der Waals surface area (Å²) in [5, 5.41) is 0. The summed E-state index contributed by atoms with van der Waals surface area (Å²) >= 11 is 0. The lowest BCUT2D eigenvalue weighted by Crippen LogP contribution is -2.68. The van der Waals surface area contributed by atoms with Crippen LogP contribution < -0.4 is 0 Å². The Morgan fingerprint density at radius 3 is 1.75 bits per heavy atom. The van der Waals surface area contributed by atoms with Crippen LogP contribution in [0.5, 0.6) is 0 Å². The molecule has 0 radical (unpaired) electrons. The van der Waals surface area contributed by atoms with Gasteiger partial charge >= 0.3 is 0 Å². The first-order valence-electron chi connectivity index (χ1n) is 12.9. The SMILES string of the molecule is C=CCN1C(=O)C2(CC(C)(C)N(C(C)=O)C(C)(C)C2)OC12CCCCCCCCCCC2. The van der Waals surface area contributed by atoms with Crippen LogP contribution in [0, 0.1) is 0 Å². The Morgan fingerprint density at radius 1 is 0.906 bits per heavy atom. The molecule has 0 unspecified atom stereocenters. The highest BCUT2D eigenvalue weighted by Gasteiger charge is 2.66. The molecule has 1 saturated carbocycles. The number of ether oxygens (including phenoxy) is 1. The number of piperidine rings is 1. The smallest absolute Gasteiger partial charge is 0.257 e. The fourth-order valence-electron chi connectivity index (χ4n) is 7.32. The zero-order valence-electron chi connectivity index (χ0n) is 21.3. The minimum absolute atomic E-state index is 0.0592. The van der Waals surface area contributed by atoms with Gasteiger partial charge in [0.25, 0.3) is 5.91 Å². The second kappa shape index (κ2) is 9.48. The number of likely N-dealkylation sites (tertiary alicyclic amines) is 1. The van der Waals surface area contributed by atoms with E-state index < -0.39 is 22.4 Å². The fourth-order valence-corrected chi connectivity index (χ4v) is 7.32. The van der Waals surface area contributed by atoms with Crippen LogP contribution in [0.2, 0.25) is 0 Å². The van der Waals surface area contributed by atoms with Gasteiger partial charge in [0.05, 0.1) is 0 Å². The van der Waals surface area contributed by atoms with Gasteiger partial charge in [-0.05, 0) is 53.4 Å². The summed E-state index contributed by atoms with van der Waals surface area (Å²) in [5.74, 6) is 0.165. The Morgan fingerprint density at radius 2 is 1.34 bits per heavy atom. The van der Waals surface area contributed by atoms with Crippen molar-refractivity contribution in [2.45, 2.75) is 140 Å². The second-order valence-corrected chi connectivity index (χ2v) is 11.8. The van der Waals surface area contributed by atoms with Crippen LogP contribution in [0.3, 0.4) is 0 Å². The van der Waals surface area contributed by atoms with E-state index in [1.165, 1.54) is 44.9 Å². The number of rotatable bonds is 2. The zero-order valence-corrected chi connectivity index (χ0v) is 21.3. The summed E-state index contributed by atoms with van der Waals surface area (Å²) in [6, 6.07) is 0. The molecule has 0 bridgehead atoms. The molecule has 3 aliphatic rings. The summed E-state index contributed by atoms with van der Waals surface area (Å²) in [7, 11) is 0. The number of hydrogen-bond acceptors (Lipinski definition) is 3. The molecule has 0 N–H and O–H groups in total. The molecule has 3 rings (SSSR count). The first-order valence-corrected chi connectivity index (χ1v) is 12.9. The van der Waals surface area contributed by atoms with Gasteiger partial charge in [-0.1, -0.05) is 51.0 Å². The number of hydrogen-bond donors (Lipinski definition) is 0. The number of nitrogens with zero attached hydrogens (tertiary/aromatic N) is 2. The van der Waals surface area contributed by atoms with Crippen LogP contribution in [0.25, 0.3) is 0 Å². The highest BCUT2D eigenvalue weighted by atomic mass is 16.6. The minimum atomic E-state index is -0.876. The molecule has 2 aliphatic heterocycles. The van der Waals surface area contributed by atoms with Gasteiger partial charge in [-0.2, -0.15) is 0 Å². The molecule has 0 atom stereocenters. The Hall–Kier alpha value is -1.36. The van der Waals surface area contributed by atoms with Crippen molar-refractivity contribution >= 4 is 11.8 Å².